The zero-order chi connectivity index (χ0) is 11.6. The standard InChI is InChI=1S/C14H25NS/c1-13(2)7-5-3-4-6-9-15-11-14-8-10-16-12-14/h8,10,12-13,15H,3-7,9,11H2,1-2H3. The maximum absolute atomic E-state index is 3.49. The Morgan fingerprint density at radius 2 is 2.00 bits per heavy atom. The Hall–Kier alpha value is -0.340. The molecule has 0 aliphatic rings. The Bertz CT molecular complexity index is 241. The molecular formula is C14H25NS. The first-order chi connectivity index (χ1) is 7.79. The molecule has 0 saturated heterocycles. The lowest BCUT2D eigenvalue weighted by molar-refractivity contribution is 0.512. The van der Waals surface area contributed by atoms with E-state index in [4.69, 9.17) is 0 Å². The Balaban J connectivity index is 1.82. The lowest BCUT2D eigenvalue weighted by Gasteiger charge is -2.05. The molecule has 1 aromatic rings. The first-order valence-electron chi connectivity index (χ1n) is 6.51. The third-order valence-corrected chi connectivity index (χ3v) is 3.53. The average Bonchev–Trinajstić information content (AvgIpc) is 2.74. The summed E-state index contributed by atoms with van der Waals surface area (Å²) in [6.45, 7) is 6.82. The van der Waals surface area contributed by atoms with Gasteiger partial charge in [0.15, 0.2) is 0 Å². The van der Waals surface area contributed by atoms with Gasteiger partial charge in [0, 0.05) is 6.54 Å². The van der Waals surface area contributed by atoms with Gasteiger partial charge < -0.3 is 5.32 Å². The minimum absolute atomic E-state index is 0.872. The maximum Gasteiger partial charge on any atom is 0.0213 e. The van der Waals surface area contributed by atoms with Gasteiger partial charge in [-0.05, 0) is 41.3 Å². The molecule has 0 aromatic carbocycles. The summed E-state index contributed by atoms with van der Waals surface area (Å²) in [5, 5.41) is 7.85. The van der Waals surface area contributed by atoms with Crippen LogP contribution in [0, 0.1) is 5.92 Å². The van der Waals surface area contributed by atoms with E-state index < -0.39 is 0 Å². The van der Waals surface area contributed by atoms with Crippen molar-refractivity contribution >= 4 is 11.3 Å². The quantitative estimate of drug-likeness (QED) is 0.628. The van der Waals surface area contributed by atoms with E-state index in [9.17, 15) is 0 Å². The second-order valence-electron chi connectivity index (χ2n) is 4.91. The minimum atomic E-state index is 0.872. The molecule has 0 spiro atoms. The van der Waals surface area contributed by atoms with Gasteiger partial charge in [0.25, 0.3) is 0 Å². The van der Waals surface area contributed by atoms with Crippen LogP contribution in [0.5, 0.6) is 0 Å². The second kappa shape index (κ2) is 8.77. The number of thiophene rings is 1. The van der Waals surface area contributed by atoms with Crippen LogP contribution >= 0.6 is 11.3 Å². The largest absolute Gasteiger partial charge is 0.313 e. The van der Waals surface area contributed by atoms with Crippen molar-refractivity contribution in [2.24, 2.45) is 5.92 Å². The van der Waals surface area contributed by atoms with Crippen LogP contribution in [0.1, 0.15) is 51.5 Å². The first kappa shape index (κ1) is 13.7. The molecule has 1 aromatic heterocycles. The van der Waals surface area contributed by atoms with Crippen molar-refractivity contribution in [1.29, 1.82) is 0 Å². The van der Waals surface area contributed by atoms with Gasteiger partial charge >= 0.3 is 0 Å². The third-order valence-electron chi connectivity index (χ3n) is 2.79. The van der Waals surface area contributed by atoms with Crippen LogP contribution in [-0.2, 0) is 6.54 Å². The Labute approximate surface area is 104 Å². The minimum Gasteiger partial charge on any atom is -0.313 e. The summed E-state index contributed by atoms with van der Waals surface area (Å²) in [6, 6.07) is 2.19. The van der Waals surface area contributed by atoms with Crippen LogP contribution in [0.3, 0.4) is 0 Å². The molecule has 0 fully saturated rings. The van der Waals surface area contributed by atoms with E-state index in [2.05, 4.69) is 36.0 Å². The fourth-order valence-electron chi connectivity index (χ4n) is 1.78. The van der Waals surface area contributed by atoms with E-state index >= 15 is 0 Å². The summed E-state index contributed by atoms with van der Waals surface area (Å²) in [5.74, 6) is 0.872. The van der Waals surface area contributed by atoms with E-state index in [0.29, 0.717) is 0 Å². The maximum atomic E-state index is 3.49. The Kier molecular flexibility index (Phi) is 7.52. The first-order valence-corrected chi connectivity index (χ1v) is 7.45. The van der Waals surface area contributed by atoms with Gasteiger partial charge in [-0.1, -0.05) is 39.5 Å². The molecule has 1 N–H and O–H groups in total. The third kappa shape index (κ3) is 7.02. The lowest BCUT2D eigenvalue weighted by atomic mass is 10.0. The molecule has 92 valence electrons. The van der Waals surface area contributed by atoms with Crippen molar-refractivity contribution in [1.82, 2.24) is 5.32 Å². The van der Waals surface area contributed by atoms with Crippen molar-refractivity contribution in [2.75, 3.05) is 6.54 Å². The number of unbranched alkanes of at least 4 members (excludes halogenated alkanes) is 3. The van der Waals surface area contributed by atoms with Gasteiger partial charge in [-0.3, -0.25) is 0 Å². The average molecular weight is 239 g/mol. The molecule has 0 aliphatic carbocycles. The predicted molar refractivity (Wildman–Crippen MR) is 73.9 cm³/mol. The molecule has 1 heterocycles. The van der Waals surface area contributed by atoms with Gasteiger partial charge in [0.2, 0.25) is 0 Å². The summed E-state index contributed by atoms with van der Waals surface area (Å²) in [5.41, 5.74) is 1.42. The lowest BCUT2D eigenvalue weighted by Crippen LogP contribution is -2.14. The van der Waals surface area contributed by atoms with Crippen LogP contribution in [0.15, 0.2) is 16.8 Å². The highest BCUT2D eigenvalue weighted by molar-refractivity contribution is 7.07. The van der Waals surface area contributed by atoms with Gasteiger partial charge in [-0.15, -0.1) is 0 Å². The van der Waals surface area contributed by atoms with Gasteiger partial charge in [-0.2, -0.15) is 11.3 Å². The molecule has 0 aliphatic heterocycles. The molecule has 0 amide bonds. The molecule has 1 nitrogen and oxygen atoms in total. The zero-order valence-corrected chi connectivity index (χ0v) is 11.5. The van der Waals surface area contributed by atoms with Crippen LogP contribution < -0.4 is 5.32 Å². The van der Waals surface area contributed by atoms with Gasteiger partial charge in [0.05, 0.1) is 0 Å². The molecule has 0 saturated carbocycles. The zero-order valence-electron chi connectivity index (χ0n) is 10.7. The molecule has 0 atom stereocenters. The summed E-state index contributed by atoms with van der Waals surface area (Å²) in [7, 11) is 0. The summed E-state index contributed by atoms with van der Waals surface area (Å²) < 4.78 is 0. The fourth-order valence-corrected chi connectivity index (χ4v) is 2.45. The second-order valence-corrected chi connectivity index (χ2v) is 5.69. The molecule has 0 radical (unpaired) electrons. The summed E-state index contributed by atoms with van der Waals surface area (Å²) in [6.07, 6.45) is 6.90. The predicted octanol–water partition coefficient (Wildman–Crippen LogP) is 4.44. The van der Waals surface area contributed by atoms with Crippen LogP contribution in [-0.4, -0.2) is 6.54 Å². The number of nitrogens with one attached hydrogen (secondary N) is 1. The number of rotatable bonds is 9. The van der Waals surface area contributed by atoms with Gasteiger partial charge in [0.1, 0.15) is 0 Å². The molecule has 16 heavy (non-hydrogen) atoms. The molecule has 0 bridgehead atoms. The summed E-state index contributed by atoms with van der Waals surface area (Å²) >= 11 is 1.78. The highest BCUT2D eigenvalue weighted by Gasteiger charge is 1.95. The summed E-state index contributed by atoms with van der Waals surface area (Å²) in [4.78, 5) is 0. The van der Waals surface area contributed by atoms with E-state index in [0.717, 1.165) is 19.0 Å². The van der Waals surface area contributed by atoms with E-state index in [1.165, 1.54) is 37.7 Å². The van der Waals surface area contributed by atoms with Crippen molar-refractivity contribution in [3.63, 3.8) is 0 Å². The van der Waals surface area contributed by atoms with E-state index in [1.54, 1.807) is 11.3 Å². The SMILES string of the molecule is CC(C)CCCCCCNCc1ccsc1. The van der Waals surface area contributed by atoms with E-state index in [1.807, 2.05) is 0 Å². The van der Waals surface area contributed by atoms with Crippen molar-refractivity contribution in [3.05, 3.63) is 22.4 Å². The fraction of sp³-hybridized carbons (Fsp3) is 0.714. The van der Waals surface area contributed by atoms with Crippen molar-refractivity contribution in [2.45, 2.75) is 52.5 Å². The molecule has 0 unspecified atom stereocenters. The smallest absolute Gasteiger partial charge is 0.0213 e. The highest BCUT2D eigenvalue weighted by Crippen LogP contribution is 2.09. The van der Waals surface area contributed by atoms with Crippen LogP contribution in [0.25, 0.3) is 0 Å². The Morgan fingerprint density at radius 3 is 2.69 bits per heavy atom. The van der Waals surface area contributed by atoms with E-state index in [-0.39, 0.29) is 0 Å². The Morgan fingerprint density at radius 1 is 1.19 bits per heavy atom. The number of hydrogen-bond donors (Lipinski definition) is 1. The van der Waals surface area contributed by atoms with Crippen molar-refractivity contribution < 1.29 is 0 Å². The topological polar surface area (TPSA) is 12.0 Å². The number of hydrogen-bond acceptors (Lipinski definition) is 2. The van der Waals surface area contributed by atoms with Crippen LogP contribution in [0.2, 0.25) is 0 Å². The molecule has 2 heteroatoms. The van der Waals surface area contributed by atoms with Crippen LogP contribution in [0.4, 0.5) is 0 Å². The highest BCUT2D eigenvalue weighted by atomic mass is 32.1. The molecule has 1 rings (SSSR count). The van der Waals surface area contributed by atoms with Crippen molar-refractivity contribution in [3.8, 4) is 0 Å². The monoisotopic (exact) mass is 239 g/mol. The normalized spacial score (nSPS) is 11.2. The molecular weight excluding hydrogens is 214 g/mol. The van der Waals surface area contributed by atoms with Gasteiger partial charge in [-0.25, -0.2) is 0 Å².